The molecular formula is C19H27NO5. The van der Waals surface area contributed by atoms with E-state index in [2.05, 4.69) is 0 Å². The number of methoxy groups -OCH3 is 1. The first-order valence-corrected chi connectivity index (χ1v) is 9.03. The van der Waals surface area contributed by atoms with Crippen molar-refractivity contribution in [2.24, 2.45) is 0 Å². The molecule has 2 fully saturated rings. The number of hydrogen-bond acceptors (Lipinski definition) is 5. The van der Waals surface area contributed by atoms with Gasteiger partial charge in [-0.2, -0.15) is 0 Å². The van der Waals surface area contributed by atoms with E-state index in [0.717, 1.165) is 31.2 Å². The maximum Gasteiger partial charge on any atom is 0.225 e. The summed E-state index contributed by atoms with van der Waals surface area (Å²) >= 11 is 0. The smallest absolute Gasteiger partial charge is 0.225 e. The molecule has 1 aromatic carbocycles. The minimum atomic E-state index is -0.544. The molecule has 2 aliphatic rings. The molecule has 3 atom stereocenters. The second kappa shape index (κ2) is 8.06. The van der Waals surface area contributed by atoms with Crippen LogP contribution in [0.15, 0.2) is 18.2 Å². The third kappa shape index (κ3) is 4.25. The molecule has 6 heteroatoms. The van der Waals surface area contributed by atoms with Crippen molar-refractivity contribution in [1.29, 1.82) is 0 Å². The highest BCUT2D eigenvalue weighted by molar-refractivity contribution is 5.79. The normalized spacial score (nSPS) is 26.9. The predicted molar refractivity (Wildman–Crippen MR) is 92.7 cm³/mol. The Hall–Kier alpha value is -1.79. The zero-order valence-electron chi connectivity index (χ0n) is 14.7. The number of hydrogen-bond donors (Lipinski definition) is 2. The van der Waals surface area contributed by atoms with Crippen LogP contribution < -0.4 is 4.74 Å². The van der Waals surface area contributed by atoms with Crippen molar-refractivity contribution in [2.45, 2.75) is 56.8 Å². The van der Waals surface area contributed by atoms with Gasteiger partial charge in [-0.05, 0) is 37.0 Å². The molecule has 6 nitrogen and oxygen atoms in total. The summed E-state index contributed by atoms with van der Waals surface area (Å²) in [6.07, 6.45) is 4.48. The number of rotatable bonds is 6. The number of likely N-dealkylation sites (tertiary alicyclic amines) is 1. The van der Waals surface area contributed by atoms with Crippen molar-refractivity contribution in [3.05, 3.63) is 23.8 Å². The fraction of sp³-hybridized carbons (Fsp3) is 0.632. The van der Waals surface area contributed by atoms with E-state index in [4.69, 9.17) is 9.47 Å². The van der Waals surface area contributed by atoms with Crippen LogP contribution in [-0.4, -0.2) is 59.5 Å². The maximum absolute atomic E-state index is 12.1. The Kier molecular flexibility index (Phi) is 5.81. The predicted octanol–water partition coefficient (Wildman–Crippen LogP) is 1.86. The van der Waals surface area contributed by atoms with Gasteiger partial charge < -0.3 is 24.6 Å². The number of ether oxygens (including phenoxy) is 2. The van der Waals surface area contributed by atoms with Gasteiger partial charge in [0.05, 0.1) is 38.4 Å². The number of aromatic hydroxyl groups is 1. The average molecular weight is 349 g/mol. The van der Waals surface area contributed by atoms with Gasteiger partial charge in [-0.1, -0.05) is 18.9 Å². The van der Waals surface area contributed by atoms with Crippen molar-refractivity contribution in [3.63, 3.8) is 0 Å². The lowest BCUT2D eigenvalue weighted by atomic mass is 9.91. The number of carbonyl (C=O) groups is 1. The van der Waals surface area contributed by atoms with Crippen LogP contribution in [0.3, 0.4) is 0 Å². The monoisotopic (exact) mass is 349 g/mol. The molecule has 25 heavy (non-hydrogen) atoms. The minimum Gasteiger partial charge on any atom is -0.504 e. The Morgan fingerprint density at radius 3 is 2.76 bits per heavy atom. The largest absolute Gasteiger partial charge is 0.504 e. The lowest BCUT2D eigenvalue weighted by molar-refractivity contribution is -0.134. The highest BCUT2D eigenvalue weighted by Gasteiger charge is 2.38. The summed E-state index contributed by atoms with van der Waals surface area (Å²) in [5, 5.41) is 19.6. The average Bonchev–Trinajstić information content (AvgIpc) is 2.94. The quantitative estimate of drug-likeness (QED) is 0.820. The van der Waals surface area contributed by atoms with Gasteiger partial charge in [0, 0.05) is 6.54 Å². The SMILES string of the molecule is COc1ccc(CCO[C@@H]2CCCC[C@H]2N2C[C@H](O)CC2=O)cc1O. The van der Waals surface area contributed by atoms with E-state index < -0.39 is 6.10 Å². The van der Waals surface area contributed by atoms with Gasteiger partial charge >= 0.3 is 0 Å². The van der Waals surface area contributed by atoms with E-state index in [1.807, 2.05) is 11.0 Å². The minimum absolute atomic E-state index is 0.0230. The van der Waals surface area contributed by atoms with E-state index in [9.17, 15) is 15.0 Å². The van der Waals surface area contributed by atoms with E-state index in [0.29, 0.717) is 25.3 Å². The van der Waals surface area contributed by atoms with Gasteiger partial charge in [0.15, 0.2) is 11.5 Å². The van der Waals surface area contributed by atoms with Crippen LogP contribution in [0.2, 0.25) is 0 Å². The summed E-state index contributed by atoms with van der Waals surface area (Å²) in [5.74, 6) is 0.628. The van der Waals surface area contributed by atoms with Crippen molar-refractivity contribution in [3.8, 4) is 11.5 Å². The Morgan fingerprint density at radius 1 is 1.28 bits per heavy atom. The number of phenols is 1. The third-order valence-electron chi connectivity index (χ3n) is 5.17. The van der Waals surface area contributed by atoms with E-state index in [-0.39, 0.29) is 30.2 Å². The summed E-state index contributed by atoms with van der Waals surface area (Å²) in [6.45, 7) is 0.966. The molecule has 1 aliphatic carbocycles. The van der Waals surface area contributed by atoms with Gasteiger partial charge in [-0.25, -0.2) is 0 Å². The molecule has 1 heterocycles. The Balaban J connectivity index is 1.55. The summed E-state index contributed by atoms with van der Waals surface area (Å²) in [7, 11) is 1.53. The molecule has 0 radical (unpaired) electrons. The van der Waals surface area contributed by atoms with Crippen LogP contribution in [0.25, 0.3) is 0 Å². The molecule has 1 saturated heterocycles. The fourth-order valence-corrected chi connectivity index (χ4v) is 3.88. The number of amides is 1. The summed E-state index contributed by atoms with van der Waals surface area (Å²) < 4.78 is 11.2. The topological polar surface area (TPSA) is 79.2 Å². The van der Waals surface area contributed by atoms with Crippen molar-refractivity contribution in [2.75, 3.05) is 20.3 Å². The molecule has 1 saturated carbocycles. The Morgan fingerprint density at radius 2 is 2.08 bits per heavy atom. The van der Waals surface area contributed by atoms with Crippen molar-refractivity contribution >= 4 is 5.91 Å². The molecule has 0 unspecified atom stereocenters. The van der Waals surface area contributed by atoms with Gasteiger partial charge in [-0.15, -0.1) is 0 Å². The second-order valence-electron chi connectivity index (χ2n) is 6.92. The number of carbonyl (C=O) groups excluding carboxylic acids is 1. The van der Waals surface area contributed by atoms with Gasteiger partial charge in [0.1, 0.15) is 0 Å². The molecule has 1 aliphatic heterocycles. The van der Waals surface area contributed by atoms with Gasteiger partial charge in [0.2, 0.25) is 5.91 Å². The molecule has 2 N–H and O–H groups in total. The maximum atomic E-state index is 12.1. The third-order valence-corrected chi connectivity index (χ3v) is 5.17. The Labute approximate surface area is 148 Å². The van der Waals surface area contributed by atoms with Gasteiger partial charge in [0.25, 0.3) is 0 Å². The highest BCUT2D eigenvalue weighted by Crippen LogP contribution is 2.30. The van der Waals surface area contributed by atoms with Crippen LogP contribution in [0, 0.1) is 0 Å². The van der Waals surface area contributed by atoms with Crippen LogP contribution in [0.1, 0.15) is 37.7 Å². The van der Waals surface area contributed by atoms with Crippen LogP contribution in [-0.2, 0) is 16.0 Å². The van der Waals surface area contributed by atoms with Crippen LogP contribution in [0.5, 0.6) is 11.5 Å². The van der Waals surface area contributed by atoms with E-state index in [1.165, 1.54) is 7.11 Å². The molecular weight excluding hydrogens is 322 g/mol. The van der Waals surface area contributed by atoms with E-state index >= 15 is 0 Å². The molecule has 3 rings (SSSR count). The summed E-state index contributed by atoms with van der Waals surface area (Å²) in [4.78, 5) is 13.9. The second-order valence-corrected chi connectivity index (χ2v) is 6.92. The number of aliphatic hydroxyl groups is 1. The molecule has 1 amide bonds. The molecule has 138 valence electrons. The lowest BCUT2D eigenvalue weighted by Crippen LogP contribution is -2.47. The first-order valence-electron chi connectivity index (χ1n) is 9.03. The first-order chi connectivity index (χ1) is 12.1. The highest BCUT2D eigenvalue weighted by atomic mass is 16.5. The number of phenolic OH excluding ortho intramolecular Hbond substituents is 1. The summed E-state index contributed by atoms with van der Waals surface area (Å²) in [5.41, 5.74) is 0.985. The molecule has 1 aromatic rings. The standard InChI is InChI=1S/C19H27NO5/c1-24-18-7-6-13(10-16(18)22)8-9-25-17-5-3-2-4-15(17)20-12-14(21)11-19(20)23/h6-7,10,14-15,17,21-22H,2-5,8-9,11-12H2,1H3/t14-,15-,17-/m1/s1. The number of aliphatic hydroxyl groups excluding tert-OH is 1. The molecule has 0 spiro atoms. The van der Waals surface area contributed by atoms with Crippen molar-refractivity contribution < 1.29 is 24.5 Å². The number of β-amino-alcohol motifs (C(OH)–C–C–N with tert-alkyl or cyclic N) is 1. The first kappa shape index (κ1) is 18.0. The zero-order chi connectivity index (χ0) is 17.8. The summed E-state index contributed by atoms with van der Waals surface area (Å²) in [6, 6.07) is 5.43. The van der Waals surface area contributed by atoms with Crippen LogP contribution >= 0.6 is 0 Å². The lowest BCUT2D eigenvalue weighted by Gasteiger charge is -2.37. The zero-order valence-corrected chi connectivity index (χ0v) is 14.7. The van der Waals surface area contributed by atoms with Crippen molar-refractivity contribution in [1.82, 2.24) is 4.90 Å². The number of benzene rings is 1. The Bertz CT molecular complexity index is 605. The van der Waals surface area contributed by atoms with E-state index in [1.54, 1.807) is 12.1 Å². The molecule has 0 bridgehead atoms. The molecule has 0 aromatic heterocycles. The fourth-order valence-electron chi connectivity index (χ4n) is 3.88. The van der Waals surface area contributed by atoms with Crippen LogP contribution in [0.4, 0.5) is 0 Å². The number of nitrogens with zero attached hydrogens (tertiary/aromatic N) is 1. The van der Waals surface area contributed by atoms with Gasteiger partial charge in [-0.3, -0.25) is 4.79 Å².